The first-order valence-corrected chi connectivity index (χ1v) is 8.07. The van der Waals surface area contributed by atoms with Gasteiger partial charge in [0, 0.05) is 0 Å². The molecule has 0 heterocycles. The summed E-state index contributed by atoms with van der Waals surface area (Å²) in [6.45, 7) is 0. The van der Waals surface area contributed by atoms with E-state index in [2.05, 4.69) is 0 Å². The number of hydrogen-bond acceptors (Lipinski definition) is 3. The van der Waals surface area contributed by atoms with Crippen molar-refractivity contribution < 1.29 is 9.53 Å². The SMILES string of the molecule is COC(=O)[C@@H](N)C(C1CCCCC1)C1CCCCC1. The molecule has 0 amide bonds. The lowest BCUT2D eigenvalue weighted by atomic mass is 9.67. The smallest absolute Gasteiger partial charge is 0.322 e. The Morgan fingerprint density at radius 2 is 1.37 bits per heavy atom. The van der Waals surface area contributed by atoms with Gasteiger partial charge in [-0.05, 0) is 17.8 Å². The average Bonchev–Trinajstić information content (AvgIpc) is 2.49. The monoisotopic (exact) mass is 267 g/mol. The highest BCUT2D eigenvalue weighted by Crippen LogP contribution is 2.41. The predicted octanol–water partition coefficient (Wildman–Crippen LogP) is 3.26. The van der Waals surface area contributed by atoms with Gasteiger partial charge in [0.25, 0.3) is 0 Å². The van der Waals surface area contributed by atoms with E-state index in [9.17, 15) is 4.79 Å². The summed E-state index contributed by atoms with van der Waals surface area (Å²) in [7, 11) is 1.46. The lowest BCUT2D eigenvalue weighted by molar-refractivity contribution is -0.145. The number of nitrogens with two attached hydrogens (primary N) is 1. The zero-order chi connectivity index (χ0) is 13.7. The lowest BCUT2D eigenvalue weighted by Crippen LogP contribution is -2.46. The Morgan fingerprint density at radius 3 is 1.74 bits per heavy atom. The summed E-state index contributed by atoms with van der Waals surface area (Å²) in [6, 6.07) is -0.406. The van der Waals surface area contributed by atoms with Crippen LogP contribution >= 0.6 is 0 Å². The van der Waals surface area contributed by atoms with Crippen molar-refractivity contribution in [2.24, 2.45) is 23.5 Å². The Hall–Kier alpha value is -0.570. The minimum atomic E-state index is -0.406. The van der Waals surface area contributed by atoms with Gasteiger partial charge in [-0.15, -0.1) is 0 Å². The van der Waals surface area contributed by atoms with Crippen LogP contribution in [0.4, 0.5) is 0 Å². The summed E-state index contributed by atoms with van der Waals surface area (Å²) >= 11 is 0. The fraction of sp³-hybridized carbons (Fsp3) is 0.938. The highest BCUT2D eigenvalue weighted by atomic mass is 16.5. The zero-order valence-corrected chi connectivity index (χ0v) is 12.3. The van der Waals surface area contributed by atoms with E-state index in [0.29, 0.717) is 17.8 Å². The third-order valence-corrected chi connectivity index (χ3v) is 5.28. The highest BCUT2D eigenvalue weighted by Gasteiger charge is 2.38. The van der Waals surface area contributed by atoms with Crippen LogP contribution in [-0.4, -0.2) is 19.1 Å². The quantitative estimate of drug-likeness (QED) is 0.795. The number of ether oxygens (including phenoxy) is 1. The molecule has 2 N–H and O–H groups in total. The van der Waals surface area contributed by atoms with Crippen LogP contribution in [0.5, 0.6) is 0 Å². The molecule has 2 aliphatic carbocycles. The molecule has 0 unspecified atom stereocenters. The molecular formula is C16H29NO2. The van der Waals surface area contributed by atoms with E-state index < -0.39 is 6.04 Å². The van der Waals surface area contributed by atoms with Gasteiger partial charge in [-0.1, -0.05) is 64.2 Å². The number of methoxy groups -OCH3 is 1. The van der Waals surface area contributed by atoms with Gasteiger partial charge in [0.15, 0.2) is 0 Å². The van der Waals surface area contributed by atoms with Crippen LogP contribution in [0, 0.1) is 17.8 Å². The van der Waals surface area contributed by atoms with Gasteiger partial charge in [-0.25, -0.2) is 0 Å². The molecule has 0 bridgehead atoms. The Morgan fingerprint density at radius 1 is 0.947 bits per heavy atom. The van der Waals surface area contributed by atoms with Crippen LogP contribution in [0.1, 0.15) is 64.2 Å². The van der Waals surface area contributed by atoms with E-state index >= 15 is 0 Å². The largest absolute Gasteiger partial charge is 0.468 e. The van der Waals surface area contributed by atoms with Crippen LogP contribution in [0.2, 0.25) is 0 Å². The number of rotatable bonds is 4. The van der Waals surface area contributed by atoms with Crippen molar-refractivity contribution in [3.63, 3.8) is 0 Å². The lowest BCUT2D eigenvalue weighted by Gasteiger charge is -2.40. The summed E-state index contributed by atoms with van der Waals surface area (Å²) in [5.41, 5.74) is 6.26. The number of hydrogen-bond donors (Lipinski definition) is 1. The van der Waals surface area contributed by atoms with E-state index in [1.807, 2.05) is 0 Å². The molecule has 1 atom stereocenters. The van der Waals surface area contributed by atoms with Gasteiger partial charge in [0.05, 0.1) is 7.11 Å². The summed E-state index contributed by atoms with van der Waals surface area (Å²) in [5.74, 6) is 1.44. The molecule has 2 fully saturated rings. The molecular weight excluding hydrogens is 238 g/mol. The first-order valence-electron chi connectivity index (χ1n) is 8.07. The van der Waals surface area contributed by atoms with Crippen molar-refractivity contribution in [3.8, 4) is 0 Å². The van der Waals surface area contributed by atoms with E-state index in [1.165, 1.54) is 71.3 Å². The summed E-state index contributed by atoms with van der Waals surface area (Å²) < 4.78 is 4.91. The second-order valence-electron chi connectivity index (χ2n) is 6.42. The summed E-state index contributed by atoms with van der Waals surface area (Å²) in [5, 5.41) is 0. The fourth-order valence-electron chi connectivity index (χ4n) is 4.30. The van der Waals surface area contributed by atoms with Crippen molar-refractivity contribution in [1.82, 2.24) is 0 Å². The van der Waals surface area contributed by atoms with Gasteiger partial charge >= 0.3 is 5.97 Å². The first-order chi connectivity index (χ1) is 9.24. The molecule has 2 aliphatic rings. The van der Waals surface area contributed by atoms with Crippen LogP contribution in [-0.2, 0) is 9.53 Å². The number of carbonyl (C=O) groups is 1. The molecule has 0 aromatic carbocycles. The van der Waals surface area contributed by atoms with E-state index in [1.54, 1.807) is 0 Å². The molecule has 0 saturated heterocycles. The normalized spacial score (nSPS) is 24.4. The number of carbonyl (C=O) groups excluding carboxylic acids is 1. The Bertz CT molecular complexity index is 262. The zero-order valence-electron chi connectivity index (χ0n) is 12.3. The van der Waals surface area contributed by atoms with Gasteiger partial charge in [0.2, 0.25) is 0 Å². The van der Waals surface area contributed by atoms with Crippen molar-refractivity contribution in [1.29, 1.82) is 0 Å². The maximum absolute atomic E-state index is 11.9. The second-order valence-corrected chi connectivity index (χ2v) is 6.42. The van der Waals surface area contributed by atoms with E-state index in [0.717, 1.165) is 0 Å². The molecule has 110 valence electrons. The molecule has 0 aliphatic heterocycles. The summed E-state index contributed by atoms with van der Waals surface area (Å²) in [6.07, 6.45) is 12.9. The van der Waals surface area contributed by atoms with Gasteiger partial charge in [-0.3, -0.25) is 4.79 Å². The third kappa shape index (κ3) is 3.71. The van der Waals surface area contributed by atoms with Gasteiger partial charge in [0.1, 0.15) is 6.04 Å². The second kappa shape index (κ2) is 7.28. The standard InChI is InChI=1S/C16H29NO2/c1-19-16(18)15(17)14(12-8-4-2-5-9-12)13-10-6-3-7-11-13/h12-15H,2-11,17H2,1H3/t15-/m0/s1. The van der Waals surface area contributed by atoms with Crippen molar-refractivity contribution >= 4 is 5.97 Å². The third-order valence-electron chi connectivity index (χ3n) is 5.28. The van der Waals surface area contributed by atoms with Crippen molar-refractivity contribution in [3.05, 3.63) is 0 Å². The fourth-order valence-corrected chi connectivity index (χ4v) is 4.30. The first kappa shape index (κ1) is 14.8. The maximum Gasteiger partial charge on any atom is 0.322 e. The summed E-state index contributed by atoms with van der Waals surface area (Å²) in [4.78, 5) is 11.9. The van der Waals surface area contributed by atoms with Gasteiger partial charge < -0.3 is 10.5 Å². The van der Waals surface area contributed by atoms with Crippen molar-refractivity contribution in [2.45, 2.75) is 70.3 Å². The molecule has 3 heteroatoms. The maximum atomic E-state index is 11.9. The average molecular weight is 267 g/mol. The molecule has 0 aromatic rings. The Kier molecular flexibility index (Phi) is 5.68. The highest BCUT2D eigenvalue weighted by molar-refractivity contribution is 5.75. The minimum Gasteiger partial charge on any atom is -0.468 e. The van der Waals surface area contributed by atoms with E-state index in [-0.39, 0.29) is 5.97 Å². The molecule has 0 aromatic heterocycles. The van der Waals surface area contributed by atoms with Crippen LogP contribution in [0.15, 0.2) is 0 Å². The molecule has 2 saturated carbocycles. The molecule has 19 heavy (non-hydrogen) atoms. The van der Waals surface area contributed by atoms with Gasteiger partial charge in [-0.2, -0.15) is 0 Å². The van der Waals surface area contributed by atoms with Crippen molar-refractivity contribution in [2.75, 3.05) is 7.11 Å². The Balaban J connectivity index is 2.08. The number of esters is 1. The predicted molar refractivity (Wildman–Crippen MR) is 76.6 cm³/mol. The molecule has 3 nitrogen and oxygen atoms in total. The van der Waals surface area contributed by atoms with Crippen LogP contribution < -0.4 is 5.73 Å². The van der Waals surface area contributed by atoms with E-state index in [4.69, 9.17) is 10.5 Å². The van der Waals surface area contributed by atoms with Crippen LogP contribution in [0.25, 0.3) is 0 Å². The molecule has 2 rings (SSSR count). The minimum absolute atomic E-state index is 0.207. The molecule has 0 radical (unpaired) electrons. The van der Waals surface area contributed by atoms with Crippen LogP contribution in [0.3, 0.4) is 0 Å². The Labute approximate surface area is 117 Å². The molecule has 0 spiro atoms. The topological polar surface area (TPSA) is 52.3 Å².